The first-order valence-electron chi connectivity index (χ1n) is 11.7. The lowest BCUT2D eigenvalue weighted by molar-refractivity contribution is -0.136. The number of aryl methyl sites for hydroxylation is 3. The summed E-state index contributed by atoms with van der Waals surface area (Å²) in [5.41, 5.74) is 3.49. The summed E-state index contributed by atoms with van der Waals surface area (Å²) in [6.07, 6.45) is 2.09. The minimum absolute atomic E-state index is 0.0439. The molecule has 0 aliphatic heterocycles. The lowest BCUT2D eigenvalue weighted by atomic mass is 10.0. The second-order valence-corrected chi connectivity index (χ2v) is 10.7. The quantitative estimate of drug-likeness (QED) is 0.236. The number of nitrogens with one attached hydrogen (secondary N) is 1. The Labute approximate surface area is 208 Å². The van der Waals surface area contributed by atoms with Gasteiger partial charge in [-0.25, -0.2) is 18.0 Å². The van der Waals surface area contributed by atoms with Gasteiger partial charge in [-0.2, -0.15) is 4.72 Å². The van der Waals surface area contributed by atoms with Gasteiger partial charge >= 0.3 is 11.6 Å². The zero-order chi connectivity index (χ0) is 25.4. The third-order valence-corrected chi connectivity index (χ3v) is 7.80. The van der Waals surface area contributed by atoms with Gasteiger partial charge in [0.2, 0.25) is 10.0 Å². The van der Waals surface area contributed by atoms with Crippen molar-refractivity contribution in [3.8, 4) is 5.75 Å². The summed E-state index contributed by atoms with van der Waals surface area (Å²) in [4.78, 5) is 26.0. The van der Waals surface area contributed by atoms with Crippen molar-refractivity contribution in [2.75, 3.05) is 0 Å². The third-order valence-electron chi connectivity index (χ3n) is 6.36. The standard InChI is InChI=1S/C28H25NO6S/c1-17-11-13-20(14-12-17)36(32,33)29-26(19-7-4-3-5-8-19)28(31)35-24-16-18(2)15-23-25(24)21-9-6-10-22(21)27(30)34-23/h3-5,7-8,11-16,26,29H,6,9-10H2,1-2H3. The first-order valence-corrected chi connectivity index (χ1v) is 13.2. The molecule has 0 bridgehead atoms. The summed E-state index contributed by atoms with van der Waals surface area (Å²) in [5.74, 6) is -0.547. The molecule has 1 aliphatic rings. The summed E-state index contributed by atoms with van der Waals surface area (Å²) < 4.78 is 40.3. The molecule has 0 saturated carbocycles. The Hall–Kier alpha value is -3.75. The van der Waals surface area contributed by atoms with Crippen LogP contribution < -0.4 is 15.1 Å². The molecule has 0 fully saturated rings. The maximum Gasteiger partial charge on any atom is 0.339 e. The minimum Gasteiger partial charge on any atom is -0.424 e. The van der Waals surface area contributed by atoms with Crippen molar-refractivity contribution in [3.63, 3.8) is 0 Å². The molecule has 0 radical (unpaired) electrons. The molecular formula is C28H25NO6S. The number of carbonyl (C=O) groups is 1. The predicted molar refractivity (Wildman–Crippen MR) is 136 cm³/mol. The van der Waals surface area contributed by atoms with Gasteiger partial charge in [0.25, 0.3) is 0 Å². The third kappa shape index (κ3) is 4.57. The Morgan fingerprint density at radius 3 is 2.36 bits per heavy atom. The molecule has 1 atom stereocenters. The van der Waals surface area contributed by atoms with Crippen LogP contribution >= 0.6 is 0 Å². The molecule has 1 aliphatic carbocycles. The van der Waals surface area contributed by atoms with E-state index in [1.165, 1.54) is 12.1 Å². The molecule has 0 amide bonds. The molecule has 5 rings (SSSR count). The van der Waals surface area contributed by atoms with Crippen molar-refractivity contribution in [3.05, 3.63) is 105 Å². The maximum atomic E-state index is 13.6. The van der Waals surface area contributed by atoms with Crippen LogP contribution in [0.4, 0.5) is 0 Å². The number of hydrogen-bond acceptors (Lipinski definition) is 6. The molecule has 1 unspecified atom stereocenters. The summed E-state index contributed by atoms with van der Waals surface area (Å²) in [6, 6.07) is 17.1. The topological polar surface area (TPSA) is 103 Å². The largest absolute Gasteiger partial charge is 0.424 e. The van der Waals surface area contributed by atoms with E-state index < -0.39 is 22.0 Å². The Morgan fingerprint density at radius 1 is 0.944 bits per heavy atom. The molecular weight excluding hydrogens is 478 g/mol. The highest BCUT2D eigenvalue weighted by molar-refractivity contribution is 7.89. The molecule has 0 spiro atoms. The van der Waals surface area contributed by atoms with E-state index >= 15 is 0 Å². The highest BCUT2D eigenvalue weighted by atomic mass is 32.2. The van der Waals surface area contributed by atoms with Gasteiger partial charge in [0.1, 0.15) is 17.4 Å². The van der Waals surface area contributed by atoms with E-state index in [9.17, 15) is 18.0 Å². The Bertz CT molecular complexity index is 1620. The van der Waals surface area contributed by atoms with E-state index in [0.717, 1.165) is 23.1 Å². The fourth-order valence-electron chi connectivity index (χ4n) is 4.59. The van der Waals surface area contributed by atoms with Gasteiger partial charge in [-0.15, -0.1) is 0 Å². The van der Waals surface area contributed by atoms with Crippen LogP contribution in [-0.4, -0.2) is 14.4 Å². The van der Waals surface area contributed by atoms with E-state index in [4.69, 9.17) is 9.15 Å². The number of benzene rings is 3. The monoisotopic (exact) mass is 503 g/mol. The molecule has 0 saturated heterocycles. The minimum atomic E-state index is -4.04. The number of sulfonamides is 1. The Morgan fingerprint density at radius 2 is 1.64 bits per heavy atom. The van der Waals surface area contributed by atoms with Crippen molar-refractivity contribution in [1.29, 1.82) is 0 Å². The summed E-state index contributed by atoms with van der Waals surface area (Å²) >= 11 is 0. The molecule has 3 aromatic carbocycles. The molecule has 8 heteroatoms. The fourth-order valence-corrected chi connectivity index (χ4v) is 5.76. The fraction of sp³-hybridized carbons (Fsp3) is 0.214. The molecule has 1 N–H and O–H groups in total. The molecule has 1 aromatic heterocycles. The predicted octanol–water partition coefficient (Wildman–Crippen LogP) is 4.52. The van der Waals surface area contributed by atoms with Crippen molar-refractivity contribution in [1.82, 2.24) is 4.72 Å². The van der Waals surface area contributed by atoms with Gasteiger partial charge in [0.05, 0.1) is 10.3 Å². The SMILES string of the molecule is Cc1ccc(S(=O)(=O)NC(C(=O)Oc2cc(C)cc3oc(=O)c4c(c23)CCC4)c2ccccc2)cc1. The van der Waals surface area contributed by atoms with Crippen LogP contribution in [0, 0.1) is 13.8 Å². The van der Waals surface area contributed by atoms with Crippen molar-refractivity contribution in [2.24, 2.45) is 0 Å². The van der Waals surface area contributed by atoms with Crippen molar-refractivity contribution >= 4 is 27.0 Å². The van der Waals surface area contributed by atoms with Gasteiger partial charge in [-0.1, -0.05) is 48.0 Å². The second-order valence-electron chi connectivity index (χ2n) is 9.04. The van der Waals surface area contributed by atoms with Gasteiger partial charge in [-0.05, 0) is 74.1 Å². The highest BCUT2D eigenvalue weighted by Crippen LogP contribution is 2.36. The molecule has 7 nitrogen and oxygen atoms in total. The van der Waals surface area contributed by atoms with Crippen LogP contribution in [0.2, 0.25) is 0 Å². The van der Waals surface area contributed by atoms with Crippen LogP contribution in [-0.2, 0) is 27.7 Å². The lowest BCUT2D eigenvalue weighted by Gasteiger charge is -2.19. The van der Waals surface area contributed by atoms with E-state index in [0.29, 0.717) is 34.9 Å². The van der Waals surface area contributed by atoms with Crippen LogP contribution in [0.3, 0.4) is 0 Å². The van der Waals surface area contributed by atoms with Gasteiger partial charge in [-0.3, -0.25) is 0 Å². The van der Waals surface area contributed by atoms with Gasteiger partial charge < -0.3 is 9.15 Å². The number of rotatable bonds is 6. The van der Waals surface area contributed by atoms with Gasteiger partial charge in [0, 0.05) is 5.56 Å². The molecule has 184 valence electrons. The second kappa shape index (κ2) is 9.37. The Kier molecular flexibility index (Phi) is 6.24. The zero-order valence-corrected chi connectivity index (χ0v) is 20.7. The lowest BCUT2D eigenvalue weighted by Crippen LogP contribution is -2.36. The first kappa shape index (κ1) is 24.0. The molecule has 4 aromatic rings. The van der Waals surface area contributed by atoms with Crippen LogP contribution in [0.25, 0.3) is 11.0 Å². The van der Waals surface area contributed by atoms with E-state index in [1.54, 1.807) is 61.5 Å². The average molecular weight is 504 g/mol. The first-order chi connectivity index (χ1) is 17.2. The number of ether oxygens (including phenoxy) is 1. The van der Waals surface area contributed by atoms with Gasteiger partial charge in [0.15, 0.2) is 0 Å². The summed E-state index contributed by atoms with van der Waals surface area (Å²) in [7, 11) is -4.04. The normalized spacial score (nSPS) is 13.9. The Balaban J connectivity index is 1.56. The molecule has 36 heavy (non-hydrogen) atoms. The number of hydrogen-bond donors (Lipinski definition) is 1. The maximum absolute atomic E-state index is 13.6. The van der Waals surface area contributed by atoms with Crippen LogP contribution in [0.15, 0.2) is 80.8 Å². The summed E-state index contributed by atoms with van der Waals surface area (Å²) in [5, 5.41) is 0.578. The highest BCUT2D eigenvalue weighted by Gasteiger charge is 2.30. The number of esters is 1. The zero-order valence-electron chi connectivity index (χ0n) is 19.9. The van der Waals surface area contributed by atoms with Crippen molar-refractivity contribution < 1.29 is 22.4 Å². The van der Waals surface area contributed by atoms with Crippen molar-refractivity contribution in [2.45, 2.75) is 44.0 Å². The number of fused-ring (bicyclic) bond motifs is 3. The van der Waals surface area contributed by atoms with E-state index in [1.807, 2.05) is 6.92 Å². The van der Waals surface area contributed by atoms with E-state index in [-0.39, 0.29) is 16.3 Å². The molecule has 1 heterocycles. The average Bonchev–Trinajstić information content (AvgIpc) is 3.33. The summed E-state index contributed by atoms with van der Waals surface area (Å²) in [6.45, 7) is 3.66. The smallest absolute Gasteiger partial charge is 0.339 e. The number of carbonyl (C=O) groups excluding carboxylic acids is 1. The van der Waals surface area contributed by atoms with Crippen LogP contribution in [0.1, 0.15) is 40.3 Å². The van der Waals surface area contributed by atoms with E-state index in [2.05, 4.69) is 4.72 Å². The van der Waals surface area contributed by atoms with Crippen LogP contribution in [0.5, 0.6) is 5.75 Å².